The number of hydrogen-bond donors (Lipinski definition) is 2. The lowest BCUT2D eigenvalue weighted by atomic mass is 10.1. The molecule has 0 saturated carbocycles. The third kappa shape index (κ3) is 4.67. The molecular formula is C15H12ClF3N2O5S. The number of aliphatic hydroxyl groups excluding tert-OH is 1. The minimum atomic E-state index is -5.72. The van der Waals surface area contributed by atoms with Gasteiger partial charge in [0.1, 0.15) is 5.69 Å². The number of alkyl halides is 3. The highest BCUT2D eigenvalue weighted by Gasteiger charge is 2.47. The zero-order chi connectivity index (χ0) is 20.4. The van der Waals surface area contributed by atoms with Crippen molar-refractivity contribution in [2.24, 2.45) is 0 Å². The molecule has 2 rings (SSSR count). The van der Waals surface area contributed by atoms with Crippen molar-refractivity contribution in [1.29, 1.82) is 0 Å². The number of anilines is 1. The molecule has 0 amide bonds. The average molecular weight is 425 g/mol. The Morgan fingerprint density at radius 1 is 1.19 bits per heavy atom. The third-order valence-electron chi connectivity index (χ3n) is 3.52. The van der Waals surface area contributed by atoms with E-state index in [0.29, 0.717) is 22.7 Å². The number of sulfone groups is 1. The summed E-state index contributed by atoms with van der Waals surface area (Å²) in [5.74, 6) is 0. The number of benzene rings is 2. The van der Waals surface area contributed by atoms with Gasteiger partial charge in [0, 0.05) is 17.6 Å². The van der Waals surface area contributed by atoms with Gasteiger partial charge in [-0.05, 0) is 29.8 Å². The topological polar surface area (TPSA) is 110 Å². The van der Waals surface area contributed by atoms with Crippen molar-refractivity contribution in [2.45, 2.75) is 16.5 Å². The van der Waals surface area contributed by atoms with Gasteiger partial charge in [-0.15, -0.1) is 0 Å². The van der Waals surface area contributed by atoms with Crippen LogP contribution in [0.1, 0.15) is 11.7 Å². The number of hydrogen-bond acceptors (Lipinski definition) is 6. The molecule has 7 nitrogen and oxygen atoms in total. The second-order valence-corrected chi connectivity index (χ2v) is 7.71. The van der Waals surface area contributed by atoms with Crippen molar-refractivity contribution in [3.05, 3.63) is 63.2 Å². The molecule has 1 atom stereocenters. The summed E-state index contributed by atoms with van der Waals surface area (Å²) in [5.41, 5.74) is -6.25. The fourth-order valence-corrected chi connectivity index (χ4v) is 3.03. The quantitative estimate of drug-likeness (QED) is 0.540. The first-order chi connectivity index (χ1) is 12.4. The standard InChI is InChI=1S/C15H12ClF3N2O5S/c16-10-3-1-9(2-4-10)14(22)8-20-12-6-5-11(7-13(12)21(23)24)27(25,26)15(17,18)19/h1-7,14,20,22H,8H2. The summed E-state index contributed by atoms with van der Waals surface area (Å²) in [6.45, 7) is -0.214. The fourth-order valence-electron chi connectivity index (χ4n) is 2.12. The van der Waals surface area contributed by atoms with Gasteiger partial charge in [-0.1, -0.05) is 23.7 Å². The summed E-state index contributed by atoms with van der Waals surface area (Å²) in [6.07, 6.45) is -1.10. The van der Waals surface area contributed by atoms with Gasteiger partial charge in [-0.2, -0.15) is 13.2 Å². The van der Waals surface area contributed by atoms with E-state index < -0.39 is 37.0 Å². The minimum Gasteiger partial charge on any atom is -0.387 e. The monoisotopic (exact) mass is 424 g/mol. The largest absolute Gasteiger partial charge is 0.501 e. The Kier molecular flexibility index (Phi) is 5.97. The molecule has 2 aromatic rings. The Morgan fingerprint density at radius 2 is 1.78 bits per heavy atom. The maximum absolute atomic E-state index is 12.6. The number of nitrogens with zero attached hydrogens (tertiary/aromatic N) is 1. The maximum atomic E-state index is 12.6. The van der Waals surface area contributed by atoms with Crippen molar-refractivity contribution in [3.8, 4) is 0 Å². The molecule has 0 aliphatic carbocycles. The van der Waals surface area contributed by atoms with Crippen LogP contribution in [0.25, 0.3) is 0 Å². The number of aliphatic hydroxyl groups is 1. The molecule has 0 aromatic heterocycles. The van der Waals surface area contributed by atoms with E-state index in [9.17, 15) is 36.8 Å². The van der Waals surface area contributed by atoms with E-state index in [1.807, 2.05) is 0 Å². The van der Waals surface area contributed by atoms with Crippen molar-refractivity contribution in [1.82, 2.24) is 0 Å². The molecule has 0 aliphatic rings. The molecule has 2 N–H and O–H groups in total. The Bertz CT molecular complexity index is 949. The van der Waals surface area contributed by atoms with E-state index in [-0.39, 0.29) is 12.2 Å². The van der Waals surface area contributed by atoms with Crippen LogP contribution in [-0.4, -0.2) is 30.5 Å². The van der Waals surface area contributed by atoms with Gasteiger partial charge >= 0.3 is 5.51 Å². The fraction of sp³-hybridized carbons (Fsp3) is 0.200. The summed E-state index contributed by atoms with van der Waals surface area (Å²) in [7, 11) is -5.72. The van der Waals surface area contributed by atoms with E-state index in [4.69, 9.17) is 11.6 Å². The lowest BCUT2D eigenvalue weighted by molar-refractivity contribution is -0.384. The van der Waals surface area contributed by atoms with Crippen LogP contribution in [-0.2, 0) is 9.84 Å². The molecule has 0 radical (unpaired) electrons. The number of nitro benzene ring substituents is 1. The van der Waals surface area contributed by atoms with Crippen molar-refractivity contribution < 1.29 is 31.6 Å². The summed E-state index contributed by atoms with van der Waals surface area (Å²) in [4.78, 5) is 8.85. The van der Waals surface area contributed by atoms with Crippen molar-refractivity contribution >= 4 is 32.8 Å². The normalized spacial score (nSPS) is 13.2. The zero-order valence-electron chi connectivity index (χ0n) is 13.3. The Morgan fingerprint density at radius 3 is 2.30 bits per heavy atom. The molecule has 0 fully saturated rings. The van der Waals surface area contributed by atoms with Crippen LogP contribution in [0.5, 0.6) is 0 Å². The Labute approximate surface area is 156 Å². The van der Waals surface area contributed by atoms with Crippen LogP contribution < -0.4 is 5.32 Å². The van der Waals surface area contributed by atoms with Gasteiger partial charge in [0.15, 0.2) is 0 Å². The highest BCUT2D eigenvalue weighted by atomic mass is 35.5. The van der Waals surface area contributed by atoms with Gasteiger partial charge in [-0.3, -0.25) is 10.1 Å². The minimum absolute atomic E-state index is 0.214. The van der Waals surface area contributed by atoms with Crippen LogP contribution in [0.2, 0.25) is 5.02 Å². The lowest BCUT2D eigenvalue weighted by Crippen LogP contribution is -2.23. The van der Waals surface area contributed by atoms with Crippen LogP contribution in [0.3, 0.4) is 0 Å². The molecule has 0 spiro atoms. The molecule has 0 bridgehead atoms. The lowest BCUT2D eigenvalue weighted by Gasteiger charge is -2.14. The van der Waals surface area contributed by atoms with E-state index in [2.05, 4.69) is 5.32 Å². The molecule has 0 heterocycles. The Hall–Kier alpha value is -2.37. The van der Waals surface area contributed by atoms with Crippen LogP contribution in [0.15, 0.2) is 47.4 Å². The Balaban J connectivity index is 2.27. The molecule has 12 heteroatoms. The zero-order valence-corrected chi connectivity index (χ0v) is 14.8. The molecule has 2 aromatic carbocycles. The first kappa shape index (κ1) is 20.9. The third-order valence-corrected chi connectivity index (χ3v) is 5.26. The second kappa shape index (κ2) is 7.71. The predicted octanol–water partition coefficient (Wildman–Crippen LogP) is 3.69. The second-order valence-electron chi connectivity index (χ2n) is 5.33. The maximum Gasteiger partial charge on any atom is 0.501 e. The molecular weight excluding hydrogens is 413 g/mol. The molecule has 0 aliphatic heterocycles. The van der Waals surface area contributed by atoms with Gasteiger partial charge < -0.3 is 10.4 Å². The van der Waals surface area contributed by atoms with Gasteiger partial charge in [0.2, 0.25) is 0 Å². The first-order valence-electron chi connectivity index (χ1n) is 7.20. The van der Waals surface area contributed by atoms with E-state index >= 15 is 0 Å². The van der Waals surface area contributed by atoms with Gasteiger partial charge in [0.25, 0.3) is 15.5 Å². The molecule has 27 heavy (non-hydrogen) atoms. The van der Waals surface area contributed by atoms with Crippen molar-refractivity contribution in [2.75, 3.05) is 11.9 Å². The summed E-state index contributed by atoms with van der Waals surface area (Å²) < 4.78 is 60.6. The predicted molar refractivity (Wildman–Crippen MR) is 91.2 cm³/mol. The summed E-state index contributed by atoms with van der Waals surface area (Å²) in [5, 5.41) is 24.2. The number of nitro groups is 1. The van der Waals surface area contributed by atoms with Gasteiger partial charge in [-0.25, -0.2) is 8.42 Å². The van der Waals surface area contributed by atoms with Crippen LogP contribution in [0, 0.1) is 10.1 Å². The molecule has 146 valence electrons. The van der Waals surface area contributed by atoms with E-state index in [1.54, 1.807) is 0 Å². The smallest absolute Gasteiger partial charge is 0.387 e. The van der Waals surface area contributed by atoms with Crippen LogP contribution in [0.4, 0.5) is 24.5 Å². The molecule has 1 unspecified atom stereocenters. The first-order valence-corrected chi connectivity index (χ1v) is 9.07. The average Bonchev–Trinajstić information content (AvgIpc) is 2.59. The van der Waals surface area contributed by atoms with Crippen LogP contribution >= 0.6 is 11.6 Å². The van der Waals surface area contributed by atoms with Gasteiger partial charge in [0.05, 0.1) is 15.9 Å². The highest BCUT2D eigenvalue weighted by Crippen LogP contribution is 2.34. The number of rotatable bonds is 6. The SMILES string of the molecule is O=[N+]([O-])c1cc(S(=O)(=O)C(F)(F)F)ccc1NCC(O)c1ccc(Cl)cc1. The molecule has 0 saturated heterocycles. The number of halogens is 4. The van der Waals surface area contributed by atoms with E-state index in [1.165, 1.54) is 24.3 Å². The van der Waals surface area contributed by atoms with E-state index in [0.717, 1.165) is 6.07 Å². The van der Waals surface area contributed by atoms with Crippen molar-refractivity contribution in [3.63, 3.8) is 0 Å². The number of nitrogens with one attached hydrogen (secondary N) is 1. The summed E-state index contributed by atoms with van der Waals surface area (Å²) in [6, 6.07) is 7.88. The summed E-state index contributed by atoms with van der Waals surface area (Å²) >= 11 is 5.73. The highest BCUT2D eigenvalue weighted by molar-refractivity contribution is 7.92.